The highest BCUT2D eigenvalue weighted by Crippen LogP contribution is 2.36. The predicted octanol–water partition coefficient (Wildman–Crippen LogP) is 3.06. The SMILES string of the molecule is COc1c(F)c(C(=O)O)cc(Br)c1Br. The van der Waals surface area contributed by atoms with Gasteiger partial charge in [-0.2, -0.15) is 0 Å². The third-order valence-corrected chi connectivity index (χ3v) is 3.50. The van der Waals surface area contributed by atoms with E-state index in [1.165, 1.54) is 13.2 Å². The van der Waals surface area contributed by atoms with Crippen LogP contribution in [-0.2, 0) is 0 Å². The lowest BCUT2D eigenvalue weighted by molar-refractivity contribution is 0.0691. The van der Waals surface area contributed by atoms with E-state index in [9.17, 15) is 9.18 Å². The molecule has 0 saturated heterocycles. The molecule has 0 unspecified atom stereocenters. The molecule has 0 spiro atoms. The summed E-state index contributed by atoms with van der Waals surface area (Å²) in [6, 6.07) is 1.17. The molecular formula is C8H5Br2FO3. The Morgan fingerprint density at radius 3 is 2.57 bits per heavy atom. The molecule has 14 heavy (non-hydrogen) atoms. The molecule has 1 N–H and O–H groups in total. The summed E-state index contributed by atoms with van der Waals surface area (Å²) in [5, 5.41) is 8.67. The summed E-state index contributed by atoms with van der Waals surface area (Å²) in [5.74, 6) is -2.36. The van der Waals surface area contributed by atoms with Gasteiger partial charge in [-0.05, 0) is 37.9 Å². The van der Waals surface area contributed by atoms with Crippen molar-refractivity contribution >= 4 is 37.8 Å². The van der Waals surface area contributed by atoms with Gasteiger partial charge in [0, 0.05) is 4.47 Å². The van der Waals surface area contributed by atoms with Crippen molar-refractivity contribution in [2.75, 3.05) is 7.11 Å². The number of hydrogen-bond acceptors (Lipinski definition) is 2. The van der Waals surface area contributed by atoms with Crippen LogP contribution in [0.3, 0.4) is 0 Å². The van der Waals surface area contributed by atoms with Crippen molar-refractivity contribution in [3.8, 4) is 5.75 Å². The van der Waals surface area contributed by atoms with Crippen LogP contribution in [0.2, 0.25) is 0 Å². The van der Waals surface area contributed by atoms with Gasteiger partial charge in [0.1, 0.15) is 5.56 Å². The number of benzene rings is 1. The minimum Gasteiger partial charge on any atom is -0.492 e. The van der Waals surface area contributed by atoms with Crippen LogP contribution >= 0.6 is 31.9 Å². The van der Waals surface area contributed by atoms with Crippen molar-refractivity contribution in [3.63, 3.8) is 0 Å². The molecular weight excluding hydrogens is 323 g/mol. The van der Waals surface area contributed by atoms with E-state index in [1.807, 2.05) is 0 Å². The second-order valence-electron chi connectivity index (χ2n) is 2.37. The lowest BCUT2D eigenvalue weighted by atomic mass is 10.2. The molecule has 0 aromatic heterocycles. The number of carbonyl (C=O) groups is 1. The number of carboxylic acids is 1. The van der Waals surface area contributed by atoms with Gasteiger partial charge in [0.2, 0.25) is 0 Å². The van der Waals surface area contributed by atoms with Gasteiger partial charge in [-0.25, -0.2) is 9.18 Å². The molecule has 1 aromatic carbocycles. The third-order valence-electron chi connectivity index (χ3n) is 1.55. The van der Waals surface area contributed by atoms with E-state index >= 15 is 0 Å². The van der Waals surface area contributed by atoms with Gasteiger partial charge >= 0.3 is 5.97 Å². The summed E-state index contributed by atoms with van der Waals surface area (Å²) in [5.41, 5.74) is -0.433. The first-order valence-electron chi connectivity index (χ1n) is 3.43. The number of aromatic carboxylic acids is 1. The number of halogens is 3. The highest BCUT2D eigenvalue weighted by Gasteiger charge is 2.20. The van der Waals surface area contributed by atoms with Crippen LogP contribution in [-0.4, -0.2) is 18.2 Å². The Hall–Kier alpha value is -0.620. The Kier molecular flexibility index (Phi) is 3.49. The lowest BCUT2D eigenvalue weighted by Gasteiger charge is -2.08. The third kappa shape index (κ3) is 1.90. The molecule has 0 bridgehead atoms. The van der Waals surface area contributed by atoms with E-state index in [0.29, 0.717) is 8.95 Å². The van der Waals surface area contributed by atoms with E-state index < -0.39 is 17.3 Å². The number of methoxy groups -OCH3 is 1. The molecule has 0 fully saturated rings. The Balaban J connectivity index is 3.50. The largest absolute Gasteiger partial charge is 0.492 e. The Labute approximate surface area is 96.1 Å². The van der Waals surface area contributed by atoms with Crippen LogP contribution in [0.4, 0.5) is 4.39 Å². The molecule has 0 aliphatic heterocycles. The van der Waals surface area contributed by atoms with Crippen LogP contribution in [0.25, 0.3) is 0 Å². The molecule has 0 heterocycles. The average Bonchev–Trinajstić information content (AvgIpc) is 2.12. The first-order valence-corrected chi connectivity index (χ1v) is 5.02. The van der Waals surface area contributed by atoms with Gasteiger partial charge in [-0.1, -0.05) is 0 Å². The van der Waals surface area contributed by atoms with Gasteiger partial charge in [0.15, 0.2) is 11.6 Å². The topological polar surface area (TPSA) is 46.5 Å². The fourth-order valence-corrected chi connectivity index (χ4v) is 1.77. The van der Waals surface area contributed by atoms with Crippen molar-refractivity contribution in [2.24, 2.45) is 0 Å². The predicted molar refractivity (Wildman–Crippen MR) is 55.3 cm³/mol. The average molecular weight is 328 g/mol. The summed E-state index contributed by atoms with van der Waals surface area (Å²) in [4.78, 5) is 10.6. The molecule has 0 aliphatic carbocycles. The zero-order valence-electron chi connectivity index (χ0n) is 6.97. The number of hydrogen-bond donors (Lipinski definition) is 1. The van der Waals surface area contributed by atoms with Gasteiger partial charge in [0.05, 0.1) is 11.6 Å². The van der Waals surface area contributed by atoms with E-state index in [1.54, 1.807) is 0 Å². The first-order chi connectivity index (χ1) is 6.49. The molecule has 0 aliphatic rings. The second-order valence-corrected chi connectivity index (χ2v) is 4.02. The van der Waals surface area contributed by atoms with Crippen molar-refractivity contribution in [1.29, 1.82) is 0 Å². The van der Waals surface area contributed by atoms with E-state index in [4.69, 9.17) is 9.84 Å². The monoisotopic (exact) mass is 326 g/mol. The van der Waals surface area contributed by atoms with Gasteiger partial charge in [-0.3, -0.25) is 0 Å². The maximum absolute atomic E-state index is 13.4. The molecule has 1 rings (SSSR count). The molecule has 0 amide bonds. The maximum atomic E-state index is 13.4. The smallest absolute Gasteiger partial charge is 0.338 e. The first kappa shape index (κ1) is 11.5. The summed E-state index contributed by atoms with van der Waals surface area (Å²) in [6.07, 6.45) is 0. The molecule has 3 nitrogen and oxygen atoms in total. The normalized spacial score (nSPS) is 10.0. The Bertz CT molecular complexity index is 393. The summed E-state index contributed by atoms with van der Waals surface area (Å²) in [7, 11) is 1.27. The quantitative estimate of drug-likeness (QED) is 0.849. The lowest BCUT2D eigenvalue weighted by Crippen LogP contribution is -2.03. The molecule has 76 valence electrons. The van der Waals surface area contributed by atoms with Crippen molar-refractivity contribution in [3.05, 3.63) is 26.4 Å². The fourth-order valence-electron chi connectivity index (χ4n) is 0.915. The Morgan fingerprint density at radius 1 is 1.57 bits per heavy atom. The second kappa shape index (κ2) is 4.27. The van der Waals surface area contributed by atoms with Gasteiger partial charge in [-0.15, -0.1) is 0 Å². The number of rotatable bonds is 2. The minimum absolute atomic E-state index is 0.128. The highest BCUT2D eigenvalue weighted by atomic mass is 79.9. The highest BCUT2D eigenvalue weighted by molar-refractivity contribution is 9.13. The van der Waals surface area contributed by atoms with Crippen molar-refractivity contribution in [2.45, 2.75) is 0 Å². The van der Waals surface area contributed by atoms with Crippen molar-refractivity contribution < 1.29 is 19.0 Å². The van der Waals surface area contributed by atoms with Gasteiger partial charge < -0.3 is 9.84 Å². The summed E-state index contributed by atoms with van der Waals surface area (Å²) < 4.78 is 18.9. The van der Waals surface area contributed by atoms with Crippen LogP contribution in [0.15, 0.2) is 15.0 Å². The van der Waals surface area contributed by atoms with Crippen LogP contribution in [0.5, 0.6) is 5.75 Å². The van der Waals surface area contributed by atoms with E-state index in [0.717, 1.165) is 0 Å². The molecule has 0 saturated carbocycles. The van der Waals surface area contributed by atoms with Crippen molar-refractivity contribution in [1.82, 2.24) is 0 Å². The number of ether oxygens (including phenoxy) is 1. The fraction of sp³-hybridized carbons (Fsp3) is 0.125. The van der Waals surface area contributed by atoms with E-state index in [2.05, 4.69) is 31.9 Å². The van der Waals surface area contributed by atoms with Crippen LogP contribution < -0.4 is 4.74 Å². The number of carboxylic acid groups (broad SMARTS) is 1. The standard InChI is InChI=1S/C8H5Br2FO3/c1-14-7-5(10)4(9)2-3(6(7)11)8(12)13/h2H,1H3,(H,12,13). The molecule has 0 atom stereocenters. The van der Waals surface area contributed by atoms with Crippen LogP contribution in [0.1, 0.15) is 10.4 Å². The zero-order chi connectivity index (χ0) is 10.9. The van der Waals surface area contributed by atoms with Crippen LogP contribution in [0, 0.1) is 5.82 Å². The van der Waals surface area contributed by atoms with Gasteiger partial charge in [0.25, 0.3) is 0 Å². The molecule has 0 radical (unpaired) electrons. The maximum Gasteiger partial charge on any atom is 0.338 e. The minimum atomic E-state index is -1.34. The molecule has 1 aromatic rings. The van der Waals surface area contributed by atoms with E-state index in [-0.39, 0.29) is 5.75 Å². The molecule has 6 heteroatoms. The summed E-state index contributed by atoms with van der Waals surface area (Å²) in [6.45, 7) is 0. The summed E-state index contributed by atoms with van der Waals surface area (Å²) >= 11 is 6.15. The zero-order valence-corrected chi connectivity index (χ0v) is 10.1. The Morgan fingerprint density at radius 2 is 2.14 bits per heavy atom.